The molecule has 0 saturated carbocycles. The van der Waals surface area contributed by atoms with Crippen LogP contribution in [-0.2, 0) is 19.6 Å². The fraction of sp³-hybridized carbons (Fsp3) is 0.474. The molecule has 7 heteroatoms. The third kappa shape index (κ3) is 4.08. The summed E-state index contributed by atoms with van der Waals surface area (Å²) in [5.74, 6) is 0.146. The molecule has 0 aliphatic carbocycles. The van der Waals surface area contributed by atoms with Crippen molar-refractivity contribution in [2.24, 2.45) is 13.0 Å². The van der Waals surface area contributed by atoms with Crippen LogP contribution in [0.25, 0.3) is 0 Å². The van der Waals surface area contributed by atoms with Crippen molar-refractivity contribution < 1.29 is 18.0 Å². The van der Waals surface area contributed by atoms with Crippen LogP contribution in [0, 0.1) is 5.92 Å². The number of likely N-dealkylation sites (tertiary alicyclic amines) is 1. The minimum atomic E-state index is -4.33. The zero-order valence-corrected chi connectivity index (χ0v) is 14.7. The van der Waals surface area contributed by atoms with E-state index in [0.29, 0.717) is 37.2 Å². The Morgan fingerprint density at radius 1 is 1.27 bits per heavy atom. The van der Waals surface area contributed by atoms with Gasteiger partial charge in [-0.1, -0.05) is 18.2 Å². The molecule has 0 unspecified atom stereocenters. The summed E-state index contributed by atoms with van der Waals surface area (Å²) in [6, 6.07) is 7.43. The van der Waals surface area contributed by atoms with Gasteiger partial charge in [0.15, 0.2) is 0 Å². The first kappa shape index (κ1) is 18.5. The second-order valence-corrected chi connectivity index (χ2v) is 6.79. The third-order valence-corrected chi connectivity index (χ3v) is 4.99. The van der Waals surface area contributed by atoms with E-state index in [0.717, 1.165) is 18.9 Å². The van der Waals surface area contributed by atoms with E-state index in [4.69, 9.17) is 0 Å². The summed E-state index contributed by atoms with van der Waals surface area (Å²) in [6.07, 6.45) is 0.0717. The minimum absolute atomic E-state index is 0.0645. The highest BCUT2D eigenvalue weighted by molar-refractivity contribution is 5.92. The molecule has 1 aliphatic heterocycles. The lowest BCUT2D eigenvalue weighted by Gasteiger charge is -2.33. The maximum absolute atomic E-state index is 13.1. The Morgan fingerprint density at radius 2 is 2.04 bits per heavy atom. The second kappa shape index (κ2) is 7.51. The zero-order chi connectivity index (χ0) is 18.7. The van der Waals surface area contributed by atoms with Crippen molar-refractivity contribution >= 4 is 5.91 Å². The van der Waals surface area contributed by atoms with Crippen molar-refractivity contribution in [3.8, 4) is 0 Å². The largest absolute Gasteiger partial charge is 0.416 e. The number of benzene rings is 1. The predicted octanol–water partition coefficient (Wildman–Crippen LogP) is 3.92. The van der Waals surface area contributed by atoms with Gasteiger partial charge < -0.3 is 4.90 Å². The standard InChI is InChI=1S/C19H22F3N3O/c1-24-17(10-11-23-24)18(26)25-12-4-5-14(13-25)8-9-15-6-2-3-7-16(15)19(20,21)22/h2-3,6-7,10-11,14H,4-5,8-9,12-13H2,1H3/t14-/m0/s1. The first-order valence-electron chi connectivity index (χ1n) is 8.78. The second-order valence-electron chi connectivity index (χ2n) is 6.79. The van der Waals surface area contributed by atoms with E-state index in [1.54, 1.807) is 41.0 Å². The van der Waals surface area contributed by atoms with Crippen LogP contribution in [-0.4, -0.2) is 33.7 Å². The Labute approximate surface area is 150 Å². The van der Waals surface area contributed by atoms with Gasteiger partial charge in [0.2, 0.25) is 0 Å². The van der Waals surface area contributed by atoms with Crippen molar-refractivity contribution in [3.05, 3.63) is 53.3 Å². The van der Waals surface area contributed by atoms with Crippen molar-refractivity contribution in [1.82, 2.24) is 14.7 Å². The van der Waals surface area contributed by atoms with Gasteiger partial charge in [0.05, 0.1) is 5.56 Å². The number of aryl methyl sites for hydroxylation is 2. The first-order valence-corrected chi connectivity index (χ1v) is 8.78. The Balaban J connectivity index is 1.63. The Kier molecular flexibility index (Phi) is 5.34. The van der Waals surface area contributed by atoms with Crippen LogP contribution in [0.1, 0.15) is 40.9 Å². The molecular formula is C19H22F3N3O. The van der Waals surface area contributed by atoms with Crippen LogP contribution < -0.4 is 0 Å². The zero-order valence-electron chi connectivity index (χ0n) is 14.7. The molecule has 2 heterocycles. The van der Waals surface area contributed by atoms with Crippen molar-refractivity contribution in [1.29, 1.82) is 0 Å². The molecule has 1 atom stereocenters. The molecule has 3 rings (SSSR count). The number of aromatic nitrogens is 2. The summed E-state index contributed by atoms with van der Waals surface area (Å²) in [5, 5.41) is 4.02. The van der Waals surface area contributed by atoms with Crippen LogP contribution >= 0.6 is 0 Å². The molecule has 0 N–H and O–H groups in total. The SMILES string of the molecule is Cn1nccc1C(=O)N1CCC[C@@H](CCc2ccccc2C(F)(F)F)C1. The van der Waals surface area contributed by atoms with Crippen molar-refractivity contribution in [3.63, 3.8) is 0 Å². The van der Waals surface area contributed by atoms with E-state index in [9.17, 15) is 18.0 Å². The number of amides is 1. The predicted molar refractivity (Wildman–Crippen MR) is 91.6 cm³/mol. The lowest BCUT2D eigenvalue weighted by atomic mass is 9.90. The molecule has 140 valence electrons. The molecule has 1 amide bonds. The van der Waals surface area contributed by atoms with Crippen LogP contribution in [0.3, 0.4) is 0 Å². The van der Waals surface area contributed by atoms with Gasteiger partial charge in [0.1, 0.15) is 5.69 Å². The Hall–Kier alpha value is -2.31. The molecule has 26 heavy (non-hydrogen) atoms. The lowest BCUT2D eigenvalue weighted by Crippen LogP contribution is -2.40. The average Bonchev–Trinajstić information content (AvgIpc) is 3.05. The van der Waals surface area contributed by atoms with Crippen molar-refractivity contribution in [2.75, 3.05) is 13.1 Å². The Morgan fingerprint density at radius 3 is 2.73 bits per heavy atom. The number of hydrogen-bond acceptors (Lipinski definition) is 2. The molecule has 4 nitrogen and oxygen atoms in total. The van der Waals surface area contributed by atoms with Crippen LogP contribution in [0.15, 0.2) is 36.5 Å². The van der Waals surface area contributed by atoms with E-state index in [2.05, 4.69) is 5.10 Å². The minimum Gasteiger partial charge on any atom is -0.337 e. The van der Waals surface area contributed by atoms with Gasteiger partial charge in [-0.15, -0.1) is 0 Å². The van der Waals surface area contributed by atoms with Crippen LogP contribution in [0.5, 0.6) is 0 Å². The number of carbonyl (C=O) groups is 1. The van der Waals surface area contributed by atoms with Gasteiger partial charge in [0, 0.05) is 26.3 Å². The number of nitrogens with zero attached hydrogens (tertiary/aromatic N) is 3. The fourth-order valence-corrected chi connectivity index (χ4v) is 3.61. The number of alkyl halides is 3. The normalized spacial score (nSPS) is 18.2. The van der Waals surface area contributed by atoms with Gasteiger partial charge in [-0.3, -0.25) is 9.48 Å². The molecule has 0 radical (unpaired) electrons. The van der Waals surface area contributed by atoms with Gasteiger partial charge in [0.25, 0.3) is 5.91 Å². The summed E-state index contributed by atoms with van der Waals surface area (Å²) >= 11 is 0. The highest BCUT2D eigenvalue weighted by Gasteiger charge is 2.33. The number of halogens is 3. The average molecular weight is 365 g/mol. The molecule has 2 aromatic rings. The monoisotopic (exact) mass is 365 g/mol. The van der Waals surface area contributed by atoms with Gasteiger partial charge in [-0.05, 0) is 49.3 Å². The first-order chi connectivity index (χ1) is 12.4. The highest BCUT2D eigenvalue weighted by atomic mass is 19.4. The maximum atomic E-state index is 13.1. The lowest BCUT2D eigenvalue weighted by molar-refractivity contribution is -0.138. The van der Waals surface area contributed by atoms with Gasteiger partial charge in [-0.2, -0.15) is 18.3 Å². The van der Waals surface area contributed by atoms with Crippen LogP contribution in [0.4, 0.5) is 13.2 Å². The molecule has 1 saturated heterocycles. The molecular weight excluding hydrogens is 343 g/mol. The van der Waals surface area contributed by atoms with Gasteiger partial charge in [-0.25, -0.2) is 0 Å². The third-order valence-electron chi connectivity index (χ3n) is 4.99. The molecule has 1 fully saturated rings. The molecule has 1 aromatic carbocycles. The summed E-state index contributed by atoms with van der Waals surface area (Å²) in [5.41, 5.74) is 0.307. The maximum Gasteiger partial charge on any atom is 0.416 e. The van der Waals surface area contributed by atoms with Crippen molar-refractivity contribution in [2.45, 2.75) is 31.9 Å². The molecule has 0 bridgehead atoms. The summed E-state index contributed by atoms with van der Waals surface area (Å²) in [4.78, 5) is 14.4. The molecule has 0 spiro atoms. The smallest absolute Gasteiger partial charge is 0.337 e. The highest BCUT2D eigenvalue weighted by Crippen LogP contribution is 2.33. The summed E-state index contributed by atoms with van der Waals surface area (Å²) in [7, 11) is 1.72. The number of carbonyl (C=O) groups excluding carboxylic acids is 1. The number of hydrogen-bond donors (Lipinski definition) is 0. The van der Waals surface area contributed by atoms with E-state index in [-0.39, 0.29) is 11.8 Å². The van der Waals surface area contributed by atoms with Crippen LogP contribution in [0.2, 0.25) is 0 Å². The number of piperidine rings is 1. The van der Waals surface area contributed by atoms with Gasteiger partial charge >= 0.3 is 6.18 Å². The van der Waals surface area contributed by atoms with E-state index >= 15 is 0 Å². The van der Waals surface area contributed by atoms with E-state index < -0.39 is 11.7 Å². The molecule has 1 aliphatic rings. The Bertz CT molecular complexity index is 769. The summed E-state index contributed by atoms with van der Waals surface area (Å²) < 4.78 is 40.9. The quantitative estimate of drug-likeness (QED) is 0.824. The topological polar surface area (TPSA) is 38.1 Å². The molecule has 1 aromatic heterocycles. The fourth-order valence-electron chi connectivity index (χ4n) is 3.61. The number of rotatable bonds is 4. The summed E-state index contributed by atoms with van der Waals surface area (Å²) in [6.45, 7) is 1.26. The van der Waals surface area contributed by atoms with E-state index in [1.165, 1.54) is 6.07 Å². The van der Waals surface area contributed by atoms with E-state index in [1.807, 2.05) is 0 Å².